The highest BCUT2D eigenvalue weighted by Crippen LogP contribution is 2.32. The third kappa shape index (κ3) is 19.6. The van der Waals surface area contributed by atoms with Gasteiger partial charge in [0.25, 0.3) is 0 Å². The smallest absolute Gasteiger partial charge is 0.333 e. The predicted octanol–water partition coefficient (Wildman–Crippen LogP) is 7.36. The summed E-state index contributed by atoms with van der Waals surface area (Å²) >= 11 is 0. The summed E-state index contributed by atoms with van der Waals surface area (Å²) < 4.78 is 140. The summed E-state index contributed by atoms with van der Waals surface area (Å²) in [6.07, 6.45) is 2.50. The van der Waals surface area contributed by atoms with Gasteiger partial charge in [-0.25, -0.2) is 44.0 Å². The van der Waals surface area contributed by atoms with Gasteiger partial charge in [0.1, 0.15) is 17.3 Å². The highest BCUT2D eigenvalue weighted by atomic mass is 32.2. The van der Waals surface area contributed by atoms with Crippen LogP contribution in [0, 0.1) is 23.3 Å². The highest BCUT2D eigenvalue weighted by molar-refractivity contribution is 7.92. The molecule has 0 fully saturated rings. The molecule has 0 radical (unpaired) electrons. The molecule has 0 amide bonds. The molecule has 0 aliphatic carbocycles. The molecule has 0 heterocycles. The van der Waals surface area contributed by atoms with Gasteiger partial charge in [0, 0.05) is 37.8 Å². The molecule has 4 aromatic rings. The van der Waals surface area contributed by atoms with Crippen molar-refractivity contribution in [1.29, 1.82) is 0 Å². The van der Waals surface area contributed by atoms with E-state index in [2.05, 4.69) is 18.9 Å². The molecule has 4 rings (SSSR count). The van der Waals surface area contributed by atoms with Gasteiger partial charge in [-0.05, 0) is 124 Å². The monoisotopic (exact) mass is 1010 g/mol. The van der Waals surface area contributed by atoms with Crippen LogP contribution in [-0.4, -0.2) is 106 Å². The lowest BCUT2D eigenvalue weighted by molar-refractivity contribution is -0.140. The minimum Gasteiger partial charge on any atom is -0.466 e. The number of sulfone groups is 2. The number of carbonyl (C=O) groups excluding carboxylic acids is 4. The third-order valence-electron chi connectivity index (χ3n) is 8.64. The Morgan fingerprint density at radius 3 is 1.30 bits per heavy atom. The van der Waals surface area contributed by atoms with E-state index >= 15 is 0 Å². The predicted molar refractivity (Wildman–Crippen MR) is 245 cm³/mol. The van der Waals surface area contributed by atoms with Crippen LogP contribution in [0.15, 0.2) is 93.7 Å². The van der Waals surface area contributed by atoms with E-state index in [-0.39, 0.29) is 63.2 Å². The number of esters is 3. The van der Waals surface area contributed by atoms with E-state index in [1.165, 1.54) is 76.6 Å². The molecule has 0 bridgehead atoms. The molecule has 2 N–H and O–H groups in total. The summed E-state index contributed by atoms with van der Waals surface area (Å²) in [5, 5.41) is 0. The van der Waals surface area contributed by atoms with Crippen LogP contribution < -0.4 is 15.2 Å². The van der Waals surface area contributed by atoms with Gasteiger partial charge in [-0.15, -0.1) is 0 Å². The maximum absolute atomic E-state index is 14.4. The standard InChI is InChI=1S/C23H24F2O7S.C21H20F2O7S.C3H9NO/c1-4-31-10-9-17(26)14-33(28,29)19-7-5-18(6-8-19)32-22-20(24)12-16(13-21(22)25)11-15(2)23(27)30-3;1-4-29-19(24)12-31(26,27)16-7-5-15(6-8-16)30-20-17(22)10-14(11-18(20)23)9-13(2)21(25)28-3;1-5-3-2-4/h5-8,11-13H,4,9-10,14H2,1-3H3;5-11H,4,12H2,1-3H3;2-4H2,1H3/b15-11+;13-9+;. The SMILES string of the molecule is CCOC(=O)CS(=O)(=O)c1ccc(Oc2c(F)cc(/C=C(\C)C(=O)OC)cc2F)cc1.CCOCCC(=O)CS(=O)(=O)c1ccc(Oc2c(F)cc(/C=C(\C)C(=O)OC)cc2F)cc1.COCCN. The van der Waals surface area contributed by atoms with E-state index in [1.54, 1.807) is 21.0 Å². The molecule has 0 spiro atoms. The van der Waals surface area contributed by atoms with Gasteiger partial charge in [-0.1, -0.05) is 0 Å². The van der Waals surface area contributed by atoms with E-state index in [9.17, 15) is 53.6 Å². The first kappa shape index (κ1) is 58.7. The molecular weight excluding hydrogens is 959 g/mol. The zero-order valence-electron chi connectivity index (χ0n) is 38.8. The minimum absolute atomic E-state index is 0.0107. The molecule has 0 aliphatic heterocycles. The molecule has 0 atom stereocenters. The van der Waals surface area contributed by atoms with Gasteiger partial charge in [0.05, 0.1) is 43.8 Å². The topological polar surface area (TPSA) is 227 Å². The molecule has 376 valence electrons. The zero-order chi connectivity index (χ0) is 51.9. The number of hydrogen-bond donors (Lipinski definition) is 1. The van der Waals surface area contributed by atoms with E-state index in [4.69, 9.17) is 19.9 Å². The van der Waals surface area contributed by atoms with Crippen LogP contribution in [-0.2, 0) is 62.5 Å². The van der Waals surface area contributed by atoms with Crippen LogP contribution in [0.2, 0.25) is 0 Å². The number of ketones is 1. The van der Waals surface area contributed by atoms with Crippen molar-refractivity contribution in [3.8, 4) is 23.0 Å². The molecular formula is C47H53F4NO15S2. The maximum atomic E-state index is 14.4. The first-order valence-corrected chi connectivity index (χ1v) is 23.8. The maximum Gasteiger partial charge on any atom is 0.333 e. The van der Waals surface area contributed by atoms with E-state index in [1.807, 2.05) is 0 Å². The van der Waals surface area contributed by atoms with Crippen molar-refractivity contribution >= 4 is 55.5 Å². The van der Waals surface area contributed by atoms with Gasteiger partial charge in [0.15, 0.2) is 66.0 Å². The molecule has 0 aliphatic rings. The number of nitrogens with two attached hydrogens (primary N) is 1. The summed E-state index contributed by atoms with van der Waals surface area (Å²) in [4.78, 5) is 45.8. The summed E-state index contributed by atoms with van der Waals surface area (Å²) in [5.74, 6) is -9.66. The number of carbonyl (C=O) groups is 4. The molecule has 0 saturated carbocycles. The Morgan fingerprint density at radius 2 is 0.986 bits per heavy atom. The Labute approximate surface area is 397 Å². The number of rotatable bonds is 21. The Kier molecular flexibility index (Phi) is 24.5. The average molecular weight is 1010 g/mol. The van der Waals surface area contributed by atoms with Crippen LogP contribution in [0.4, 0.5) is 17.6 Å². The van der Waals surface area contributed by atoms with Crippen molar-refractivity contribution in [1.82, 2.24) is 0 Å². The number of Topliss-reactive ketones (excluding diaryl/α,β-unsaturated/α-hetero) is 1. The fraction of sp³-hybridized carbons (Fsp3) is 0.319. The number of benzene rings is 4. The van der Waals surface area contributed by atoms with Gasteiger partial charge >= 0.3 is 17.9 Å². The van der Waals surface area contributed by atoms with Crippen molar-refractivity contribution in [3.63, 3.8) is 0 Å². The zero-order valence-corrected chi connectivity index (χ0v) is 40.4. The summed E-state index contributed by atoms with van der Waals surface area (Å²) in [7, 11) is -3.81. The lowest BCUT2D eigenvalue weighted by Gasteiger charge is -2.10. The van der Waals surface area contributed by atoms with Crippen molar-refractivity contribution < 1.29 is 86.7 Å². The summed E-state index contributed by atoms with van der Waals surface area (Å²) in [6.45, 7) is 8.10. The first-order valence-electron chi connectivity index (χ1n) is 20.5. The molecule has 0 saturated heterocycles. The van der Waals surface area contributed by atoms with E-state index < -0.39 is 89.6 Å². The second-order valence-corrected chi connectivity index (χ2v) is 18.0. The normalized spacial score (nSPS) is 11.5. The molecule has 16 nitrogen and oxygen atoms in total. The molecule has 69 heavy (non-hydrogen) atoms. The molecule has 22 heteroatoms. The van der Waals surface area contributed by atoms with Crippen LogP contribution in [0.1, 0.15) is 45.2 Å². The van der Waals surface area contributed by atoms with Gasteiger partial charge < -0.3 is 38.9 Å². The van der Waals surface area contributed by atoms with Gasteiger partial charge in [0.2, 0.25) is 0 Å². The lowest BCUT2D eigenvalue weighted by atomic mass is 10.1. The van der Waals surface area contributed by atoms with E-state index in [0.29, 0.717) is 19.8 Å². The number of methoxy groups -OCH3 is 3. The van der Waals surface area contributed by atoms with Crippen molar-refractivity contribution in [2.24, 2.45) is 5.73 Å². The summed E-state index contributed by atoms with van der Waals surface area (Å²) in [5.41, 5.74) is 5.49. The quantitative estimate of drug-likeness (QED) is 0.0283. The number of hydrogen-bond acceptors (Lipinski definition) is 16. The van der Waals surface area contributed by atoms with Gasteiger partial charge in [-0.3, -0.25) is 9.59 Å². The second-order valence-electron chi connectivity index (χ2n) is 14.0. The summed E-state index contributed by atoms with van der Waals surface area (Å²) in [6, 6.07) is 13.4. The average Bonchev–Trinajstić information content (AvgIpc) is 3.29. The Bertz CT molecular complexity index is 2630. The molecule has 4 aromatic carbocycles. The minimum atomic E-state index is -3.94. The lowest BCUT2D eigenvalue weighted by Crippen LogP contribution is -2.18. The Balaban J connectivity index is 0.000000431. The van der Waals surface area contributed by atoms with Crippen LogP contribution in [0.25, 0.3) is 12.2 Å². The first-order chi connectivity index (χ1) is 32.5. The molecule has 0 aromatic heterocycles. The van der Waals surface area contributed by atoms with Crippen LogP contribution >= 0.6 is 0 Å². The van der Waals surface area contributed by atoms with Crippen molar-refractivity contribution in [2.45, 2.75) is 43.9 Å². The van der Waals surface area contributed by atoms with Crippen molar-refractivity contribution in [2.75, 3.05) is 65.8 Å². The third-order valence-corrected chi connectivity index (χ3v) is 11.9. The van der Waals surface area contributed by atoms with Crippen LogP contribution in [0.3, 0.4) is 0 Å². The Morgan fingerprint density at radius 1 is 0.594 bits per heavy atom. The number of ether oxygens (including phenoxy) is 7. The number of halogens is 4. The fourth-order valence-electron chi connectivity index (χ4n) is 5.38. The fourth-order valence-corrected chi connectivity index (χ4v) is 7.78. The second kappa shape index (κ2) is 28.8. The Hall–Kier alpha value is -6.46. The highest BCUT2D eigenvalue weighted by Gasteiger charge is 2.22. The van der Waals surface area contributed by atoms with E-state index in [0.717, 1.165) is 36.4 Å². The van der Waals surface area contributed by atoms with Crippen molar-refractivity contribution in [3.05, 3.63) is 118 Å². The molecule has 0 unspecified atom stereocenters. The van der Waals surface area contributed by atoms with Gasteiger partial charge in [-0.2, -0.15) is 0 Å². The van der Waals surface area contributed by atoms with Crippen LogP contribution in [0.5, 0.6) is 23.0 Å². The largest absolute Gasteiger partial charge is 0.466 e.